The second-order valence-corrected chi connectivity index (χ2v) is 7.51. The summed E-state index contributed by atoms with van der Waals surface area (Å²) in [4.78, 5) is 27.3. The molecule has 2 saturated heterocycles. The lowest BCUT2D eigenvalue weighted by molar-refractivity contribution is -0.135. The van der Waals surface area contributed by atoms with Crippen molar-refractivity contribution in [2.24, 2.45) is 0 Å². The van der Waals surface area contributed by atoms with E-state index in [0.717, 1.165) is 25.7 Å². The number of amides is 1. The average molecular weight is 414 g/mol. The number of hydrogen-bond donors (Lipinski definition) is 0. The summed E-state index contributed by atoms with van der Waals surface area (Å²) in [5.41, 5.74) is 0.159. The molecule has 0 aromatic carbocycles. The number of pyridine rings is 1. The highest BCUT2D eigenvalue weighted by molar-refractivity contribution is 5.96. The average Bonchev–Trinajstić information content (AvgIpc) is 2.79. The summed E-state index contributed by atoms with van der Waals surface area (Å²) in [5, 5.41) is 0. The molecule has 9 heteroatoms. The third-order valence-corrected chi connectivity index (χ3v) is 5.70. The van der Waals surface area contributed by atoms with Crippen molar-refractivity contribution in [2.75, 3.05) is 33.9 Å². The van der Waals surface area contributed by atoms with Crippen LogP contribution in [0.4, 0.5) is 0 Å². The minimum atomic E-state index is -0.274. The van der Waals surface area contributed by atoms with Crippen LogP contribution in [0.25, 0.3) is 0 Å². The molecule has 2 aromatic rings. The molecule has 2 fully saturated rings. The summed E-state index contributed by atoms with van der Waals surface area (Å²) >= 11 is 0. The van der Waals surface area contributed by atoms with Gasteiger partial charge in [0.1, 0.15) is 11.7 Å². The molecule has 0 saturated carbocycles. The molecule has 1 atom stereocenters. The van der Waals surface area contributed by atoms with E-state index in [1.807, 2.05) is 4.90 Å². The fraction of sp³-hybridized carbons (Fsp3) is 0.524. The molecular formula is C21H26N4O5. The van der Waals surface area contributed by atoms with Crippen molar-refractivity contribution >= 4 is 5.91 Å². The number of nitrogens with zero attached hydrogens (tertiary/aromatic N) is 4. The van der Waals surface area contributed by atoms with Crippen LogP contribution in [-0.4, -0.2) is 71.4 Å². The molecule has 4 rings (SSSR count). The maximum absolute atomic E-state index is 13.0. The molecule has 160 valence electrons. The topological polar surface area (TPSA) is 95.9 Å². The summed E-state index contributed by atoms with van der Waals surface area (Å²) in [5.74, 6) is 1.11. The van der Waals surface area contributed by atoms with Gasteiger partial charge < -0.3 is 23.8 Å². The van der Waals surface area contributed by atoms with Gasteiger partial charge in [-0.1, -0.05) is 0 Å². The van der Waals surface area contributed by atoms with Crippen LogP contribution in [0.1, 0.15) is 36.0 Å². The summed E-state index contributed by atoms with van der Waals surface area (Å²) < 4.78 is 22.6. The van der Waals surface area contributed by atoms with Gasteiger partial charge in [0, 0.05) is 44.4 Å². The van der Waals surface area contributed by atoms with E-state index in [1.54, 1.807) is 30.7 Å². The second-order valence-electron chi connectivity index (χ2n) is 7.51. The van der Waals surface area contributed by atoms with Crippen LogP contribution in [0.3, 0.4) is 0 Å². The molecule has 0 radical (unpaired) electrons. The molecule has 4 heterocycles. The van der Waals surface area contributed by atoms with E-state index >= 15 is 0 Å². The highest BCUT2D eigenvalue weighted by Gasteiger charge is 2.42. The van der Waals surface area contributed by atoms with Crippen LogP contribution >= 0.6 is 0 Å². The van der Waals surface area contributed by atoms with Crippen LogP contribution in [0, 0.1) is 0 Å². The van der Waals surface area contributed by atoms with Crippen molar-refractivity contribution in [3.63, 3.8) is 0 Å². The van der Waals surface area contributed by atoms with Gasteiger partial charge in [-0.3, -0.25) is 9.78 Å². The van der Waals surface area contributed by atoms with E-state index in [1.165, 1.54) is 14.2 Å². The molecule has 1 spiro atoms. The summed E-state index contributed by atoms with van der Waals surface area (Å²) in [7, 11) is 3.02. The number of likely N-dealkylation sites (tertiary alicyclic amines) is 1. The number of methoxy groups -OCH3 is 2. The van der Waals surface area contributed by atoms with Gasteiger partial charge in [0.05, 0.1) is 32.6 Å². The smallest absolute Gasteiger partial charge is 0.259 e. The molecular weight excluding hydrogens is 388 g/mol. The third-order valence-electron chi connectivity index (χ3n) is 5.70. The quantitative estimate of drug-likeness (QED) is 0.734. The van der Waals surface area contributed by atoms with E-state index in [0.29, 0.717) is 37.0 Å². The Morgan fingerprint density at radius 3 is 2.70 bits per heavy atom. The molecule has 0 aliphatic carbocycles. The van der Waals surface area contributed by atoms with Gasteiger partial charge in [-0.25, -0.2) is 4.98 Å². The number of carbonyl (C=O) groups is 1. The van der Waals surface area contributed by atoms with Crippen molar-refractivity contribution in [3.05, 3.63) is 36.3 Å². The molecule has 9 nitrogen and oxygen atoms in total. The number of rotatable bonds is 5. The molecule has 30 heavy (non-hydrogen) atoms. The maximum atomic E-state index is 13.0. The zero-order chi connectivity index (χ0) is 21.0. The number of piperidine rings is 1. The first-order valence-corrected chi connectivity index (χ1v) is 10.1. The van der Waals surface area contributed by atoms with E-state index in [2.05, 4.69) is 15.0 Å². The molecule has 1 unspecified atom stereocenters. The predicted molar refractivity (Wildman–Crippen MR) is 107 cm³/mol. The van der Waals surface area contributed by atoms with Crippen LogP contribution in [0.2, 0.25) is 0 Å². The van der Waals surface area contributed by atoms with Crippen molar-refractivity contribution < 1.29 is 23.7 Å². The van der Waals surface area contributed by atoms with Crippen LogP contribution in [0.15, 0.2) is 30.7 Å². The van der Waals surface area contributed by atoms with E-state index in [9.17, 15) is 4.79 Å². The highest BCUT2D eigenvalue weighted by atomic mass is 16.5. The van der Waals surface area contributed by atoms with Crippen molar-refractivity contribution in [2.45, 2.75) is 37.4 Å². The summed E-state index contributed by atoms with van der Waals surface area (Å²) in [6.07, 6.45) is 8.00. The normalized spacial score (nSPS) is 20.6. The fourth-order valence-corrected chi connectivity index (χ4v) is 4.09. The first kappa shape index (κ1) is 20.3. The lowest BCUT2D eigenvalue weighted by Gasteiger charge is -2.45. The SMILES string of the molecule is COc1ccc(C(=O)N2CCC3(CC2)CC(Oc2cnccn2)CCO3)c(OC)n1. The fourth-order valence-electron chi connectivity index (χ4n) is 4.09. The van der Waals surface area contributed by atoms with Gasteiger partial charge in [-0.2, -0.15) is 4.98 Å². The monoisotopic (exact) mass is 414 g/mol. The Labute approximate surface area is 175 Å². The first-order chi connectivity index (χ1) is 14.6. The predicted octanol–water partition coefficient (Wildman–Crippen LogP) is 2.12. The summed E-state index contributed by atoms with van der Waals surface area (Å²) in [6.45, 7) is 1.84. The molecule has 0 bridgehead atoms. The molecule has 2 aromatic heterocycles. The third kappa shape index (κ3) is 4.30. The lowest BCUT2D eigenvalue weighted by atomic mass is 9.83. The van der Waals surface area contributed by atoms with Crippen LogP contribution in [-0.2, 0) is 4.74 Å². The van der Waals surface area contributed by atoms with Gasteiger partial charge in [-0.15, -0.1) is 0 Å². The zero-order valence-electron chi connectivity index (χ0n) is 17.2. The lowest BCUT2D eigenvalue weighted by Crippen LogP contribution is -2.52. The first-order valence-electron chi connectivity index (χ1n) is 10.1. The van der Waals surface area contributed by atoms with Crippen molar-refractivity contribution in [1.82, 2.24) is 19.9 Å². The van der Waals surface area contributed by atoms with E-state index in [-0.39, 0.29) is 23.5 Å². The second kappa shape index (κ2) is 8.83. The molecule has 1 amide bonds. The zero-order valence-corrected chi connectivity index (χ0v) is 17.2. The Kier molecular flexibility index (Phi) is 5.98. The Morgan fingerprint density at radius 2 is 2.00 bits per heavy atom. The molecule has 2 aliphatic rings. The largest absolute Gasteiger partial charge is 0.481 e. The number of aromatic nitrogens is 3. The summed E-state index contributed by atoms with van der Waals surface area (Å²) in [6, 6.07) is 3.36. The molecule has 2 aliphatic heterocycles. The number of hydrogen-bond acceptors (Lipinski definition) is 8. The Balaban J connectivity index is 1.39. The standard InChI is InChI=1S/C21H26N4O5/c1-27-17-4-3-16(19(24-17)28-2)20(26)25-10-6-21(7-11-25)13-15(5-12-29-21)30-18-14-22-8-9-23-18/h3-4,8-9,14-15H,5-7,10-13H2,1-2H3. The van der Waals surface area contributed by atoms with Crippen LogP contribution in [0.5, 0.6) is 17.6 Å². The van der Waals surface area contributed by atoms with Crippen LogP contribution < -0.4 is 14.2 Å². The van der Waals surface area contributed by atoms with Gasteiger partial charge in [0.15, 0.2) is 0 Å². The number of carbonyl (C=O) groups excluding carboxylic acids is 1. The molecule has 0 N–H and O–H groups in total. The minimum Gasteiger partial charge on any atom is -0.481 e. The van der Waals surface area contributed by atoms with E-state index < -0.39 is 0 Å². The van der Waals surface area contributed by atoms with Gasteiger partial charge in [0.25, 0.3) is 5.91 Å². The van der Waals surface area contributed by atoms with Gasteiger partial charge in [-0.05, 0) is 18.9 Å². The van der Waals surface area contributed by atoms with E-state index in [4.69, 9.17) is 18.9 Å². The van der Waals surface area contributed by atoms with Gasteiger partial charge >= 0.3 is 0 Å². The minimum absolute atomic E-state index is 0.0311. The van der Waals surface area contributed by atoms with Crippen molar-refractivity contribution in [3.8, 4) is 17.6 Å². The Bertz CT molecular complexity index is 871. The Hall–Kier alpha value is -2.94. The van der Waals surface area contributed by atoms with Crippen molar-refractivity contribution in [1.29, 1.82) is 0 Å². The van der Waals surface area contributed by atoms with Gasteiger partial charge in [0.2, 0.25) is 17.6 Å². The highest BCUT2D eigenvalue weighted by Crippen LogP contribution is 2.37. The number of ether oxygens (including phenoxy) is 4. The Morgan fingerprint density at radius 1 is 1.17 bits per heavy atom. The maximum Gasteiger partial charge on any atom is 0.259 e.